The lowest BCUT2D eigenvalue weighted by molar-refractivity contribution is -0.130. The van der Waals surface area contributed by atoms with Crippen LogP contribution in [0.4, 0.5) is 0 Å². The van der Waals surface area contributed by atoms with Gasteiger partial charge in [-0.05, 0) is 5.56 Å². The molecule has 0 aliphatic carbocycles. The van der Waals surface area contributed by atoms with Crippen molar-refractivity contribution in [3.8, 4) is 0 Å². The van der Waals surface area contributed by atoms with Gasteiger partial charge in [0, 0.05) is 52.0 Å². The maximum Gasteiger partial charge on any atom is 0.221 e. The molecule has 134 valence electrons. The highest BCUT2D eigenvalue weighted by molar-refractivity contribution is 5.85. The maximum absolute atomic E-state index is 11.9. The molecule has 1 aliphatic heterocycles. The molecule has 0 spiro atoms. The van der Waals surface area contributed by atoms with Crippen LogP contribution in [0.15, 0.2) is 30.3 Å². The third kappa shape index (κ3) is 6.47. The van der Waals surface area contributed by atoms with E-state index in [-0.39, 0.29) is 36.6 Å². The van der Waals surface area contributed by atoms with Crippen LogP contribution in [0.25, 0.3) is 0 Å². The summed E-state index contributed by atoms with van der Waals surface area (Å²) in [5.74, 6) is -0.0762. The lowest BCUT2D eigenvalue weighted by Crippen LogP contribution is -2.37. The quantitative estimate of drug-likeness (QED) is 0.667. The average molecular weight is 356 g/mol. The number of carbonyl (C=O) groups excluding carboxylic acids is 2. The zero-order valence-corrected chi connectivity index (χ0v) is 14.7. The van der Waals surface area contributed by atoms with E-state index in [1.54, 1.807) is 4.90 Å². The molecule has 1 aliphatic rings. The molecule has 7 heteroatoms. The topological polar surface area (TPSA) is 81.7 Å². The van der Waals surface area contributed by atoms with Gasteiger partial charge in [-0.3, -0.25) is 9.59 Å². The summed E-state index contributed by atoms with van der Waals surface area (Å²) in [6.07, 6.45) is -0.134. The number of carbonyl (C=O) groups is 2. The summed E-state index contributed by atoms with van der Waals surface area (Å²) in [7, 11) is 0. The molecule has 1 fully saturated rings. The van der Waals surface area contributed by atoms with E-state index in [1.165, 1.54) is 6.92 Å². The van der Waals surface area contributed by atoms with Crippen molar-refractivity contribution in [3.05, 3.63) is 35.9 Å². The van der Waals surface area contributed by atoms with Crippen LogP contribution in [0, 0.1) is 5.92 Å². The van der Waals surface area contributed by atoms with Crippen LogP contribution in [-0.4, -0.2) is 54.1 Å². The molecular formula is C17H26ClN3O3. The molecule has 1 aromatic rings. The number of nitrogens with zero attached hydrogens (tertiary/aromatic N) is 1. The molecule has 0 radical (unpaired) electrons. The second kappa shape index (κ2) is 10.3. The molecule has 2 rings (SSSR count). The van der Waals surface area contributed by atoms with Gasteiger partial charge < -0.3 is 20.6 Å². The van der Waals surface area contributed by atoms with Crippen LogP contribution in [0.2, 0.25) is 0 Å². The highest BCUT2D eigenvalue weighted by atomic mass is 35.5. The molecule has 0 bridgehead atoms. The van der Waals surface area contributed by atoms with Crippen molar-refractivity contribution in [2.45, 2.75) is 26.0 Å². The van der Waals surface area contributed by atoms with Crippen molar-refractivity contribution in [2.24, 2.45) is 5.92 Å². The summed E-state index contributed by atoms with van der Waals surface area (Å²) in [6, 6.07) is 9.72. The zero-order valence-electron chi connectivity index (χ0n) is 13.9. The molecule has 24 heavy (non-hydrogen) atoms. The molecule has 1 heterocycles. The van der Waals surface area contributed by atoms with Gasteiger partial charge >= 0.3 is 0 Å². The number of halogens is 1. The number of β-amino-alcohol motifs (C(OH)–C–C–N with tert-alkyl or cyclic N) is 1. The summed E-state index contributed by atoms with van der Waals surface area (Å²) in [6.45, 7) is 4.17. The summed E-state index contributed by atoms with van der Waals surface area (Å²) in [5.41, 5.74) is 1.04. The summed E-state index contributed by atoms with van der Waals surface area (Å²) in [5, 5.41) is 15.6. The van der Waals surface area contributed by atoms with Crippen LogP contribution in [0.5, 0.6) is 0 Å². The van der Waals surface area contributed by atoms with Crippen LogP contribution in [0.1, 0.15) is 18.9 Å². The minimum atomic E-state index is -0.401. The second-order valence-corrected chi connectivity index (χ2v) is 5.97. The third-order valence-corrected chi connectivity index (χ3v) is 4.14. The summed E-state index contributed by atoms with van der Waals surface area (Å²) < 4.78 is 0. The molecule has 0 aromatic heterocycles. The van der Waals surface area contributed by atoms with E-state index in [9.17, 15) is 14.7 Å². The third-order valence-electron chi connectivity index (χ3n) is 4.14. The molecule has 3 N–H and O–H groups in total. The van der Waals surface area contributed by atoms with Crippen LogP contribution >= 0.6 is 12.4 Å². The van der Waals surface area contributed by atoms with E-state index in [0.717, 1.165) is 12.1 Å². The van der Waals surface area contributed by atoms with Crippen molar-refractivity contribution < 1.29 is 14.7 Å². The van der Waals surface area contributed by atoms with Gasteiger partial charge in [0.05, 0.1) is 6.10 Å². The van der Waals surface area contributed by atoms with Crippen LogP contribution in [-0.2, 0) is 16.1 Å². The Kier molecular flexibility index (Phi) is 8.74. The van der Waals surface area contributed by atoms with Gasteiger partial charge in [-0.2, -0.15) is 0 Å². The van der Waals surface area contributed by atoms with Crippen molar-refractivity contribution in [3.63, 3.8) is 0 Å². The fraction of sp³-hybridized carbons (Fsp3) is 0.529. The van der Waals surface area contributed by atoms with E-state index < -0.39 is 6.10 Å². The van der Waals surface area contributed by atoms with Gasteiger partial charge in [0.25, 0.3) is 0 Å². The van der Waals surface area contributed by atoms with Gasteiger partial charge in [-0.25, -0.2) is 0 Å². The Labute approximate surface area is 149 Å². The molecule has 1 aromatic carbocycles. The molecule has 2 unspecified atom stereocenters. The fourth-order valence-electron chi connectivity index (χ4n) is 2.65. The predicted octanol–water partition coefficient (Wildman–Crippen LogP) is 0.544. The number of aliphatic hydroxyl groups is 1. The van der Waals surface area contributed by atoms with Crippen molar-refractivity contribution >= 4 is 24.2 Å². The van der Waals surface area contributed by atoms with Gasteiger partial charge in [0.2, 0.25) is 11.8 Å². The first-order valence-corrected chi connectivity index (χ1v) is 8.01. The fourth-order valence-corrected chi connectivity index (χ4v) is 2.65. The van der Waals surface area contributed by atoms with Gasteiger partial charge in [-0.15, -0.1) is 12.4 Å². The van der Waals surface area contributed by atoms with Crippen LogP contribution in [0.3, 0.4) is 0 Å². The van der Waals surface area contributed by atoms with Gasteiger partial charge in [0.1, 0.15) is 0 Å². The van der Waals surface area contributed by atoms with Gasteiger partial charge in [-0.1, -0.05) is 30.3 Å². The number of rotatable bonds is 7. The summed E-state index contributed by atoms with van der Waals surface area (Å²) in [4.78, 5) is 25.3. The Balaban J connectivity index is 0.00000288. The molecule has 1 saturated heterocycles. The predicted molar refractivity (Wildman–Crippen MR) is 94.8 cm³/mol. The smallest absolute Gasteiger partial charge is 0.221 e. The van der Waals surface area contributed by atoms with Crippen molar-refractivity contribution in [1.82, 2.24) is 15.5 Å². The van der Waals surface area contributed by atoms with Crippen molar-refractivity contribution in [2.75, 3.05) is 26.2 Å². The lowest BCUT2D eigenvalue weighted by Gasteiger charge is -2.21. The SMILES string of the molecule is CC(=O)N(CCC(=O)NCC1CNCC1O)Cc1ccccc1.Cl. The summed E-state index contributed by atoms with van der Waals surface area (Å²) >= 11 is 0. The number of benzene rings is 1. The standard InChI is InChI=1S/C17H25N3O3.ClH/c1-13(21)20(12-14-5-3-2-4-6-14)8-7-17(23)19-10-15-9-18-11-16(15)22;/h2-6,15-16,18,22H,7-12H2,1H3,(H,19,23);1H. The molecule has 2 atom stereocenters. The monoisotopic (exact) mass is 355 g/mol. The molecule has 6 nitrogen and oxygen atoms in total. The number of nitrogens with one attached hydrogen (secondary N) is 2. The number of amides is 2. The van der Waals surface area contributed by atoms with Crippen LogP contribution < -0.4 is 10.6 Å². The Bertz CT molecular complexity index is 527. The number of hydrogen-bond donors (Lipinski definition) is 3. The van der Waals surface area contributed by atoms with E-state index >= 15 is 0 Å². The van der Waals surface area contributed by atoms with E-state index in [0.29, 0.717) is 26.2 Å². The normalized spacial score (nSPS) is 19.4. The zero-order chi connectivity index (χ0) is 16.7. The van der Waals surface area contributed by atoms with Crippen molar-refractivity contribution in [1.29, 1.82) is 0 Å². The second-order valence-electron chi connectivity index (χ2n) is 5.97. The largest absolute Gasteiger partial charge is 0.391 e. The van der Waals surface area contributed by atoms with E-state index in [2.05, 4.69) is 10.6 Å². The first kappa shape index (κ1) is 20.4. The number of aliphatic hydroxyl groups excluding tert-OH is 1. The highest BCUT2D eigenvalue weighted by Gasteiger charge is 2.25. The number of hydrogen-bond acceptors (Lipinski definition) is 4. The lowest BCUT2D eigenvalue weighted by atomic mass is 10.1. The Morgan fingerprint density at radius 3 is 2.58 bits per heavy atom. The Morgan fingerprint density at radius 1 is 1.29 bits per heavy atom. The van der Waals surface area contributed by atoms with Gasteiger partial charge in [0.15, 0.2) is 0 Å². The molecule has 0 saturated carbocycles. The van der Waals surface area contributed by atoms with E-state index in [1.807, 2.05) is 30.3 Å². The first-order valence-electron chi connectivity index (χ1n) is 8.01. The van der Waals surface area contributed by atoms with E-state index in [4.69, 9.17) is 0 Å². The minimum Gasteiger partial charge on any atom is -0.391 e. The maximum atomic E-state index is 11.9. The Morgan fingerprint density at radius 2 is 2.00 bits per heavy atom. The average Bonchev–Trinajstić information content (AvgIpc) is 2.95. The minimum absolute atomic E-state index is 0. The molecule has 2 amide bonds. The first-order chi connectivity index (χ1) is 11.1. The highest BCUT2D eigenvalue weighted by Crippen LogP contribution is 2.08. The molecular weight excluding hydrogens is 330 g/mol. The Hall–Kier alpha value is -1.63.